The van der Waals surface area contributed by atoms with Crippen LogP contribution in [0.4, 0.5) is 0 Å². The SMILES string of the molecule is CC1CN(C(=O)c2cccc(Cl)c2Br)CCO1. The topological polar surface area (TPSA) is 29.5 Å². The maximum absolute atomic E-state index is 12.3. The number of halogens is 2. The van der Waals surface area contributed by atoms with Crippen molar-refractivity contribution in [3.63, 3.8) is 0 Å². The number of benzene rings is 1. The molecule has 2 rings (SSSR count). The van der Waals surface area contributed by atoms with E-state index >= 15 is 0 Å². The molecule has 0 saturated carbocycles. The number of carbonyl (C=O) groups excluding carboxylic acids is 1. The molecule has 1 aromatic carbocycles. The van der Waals surface area contributed by atoms with Crippen LogP contribution in [0.2, 0.25) is 5.02 Å². The van der Waals surface area contributed by atoms with E-state index in [1.165, 1.54) is 0 Å². The van der Waals surface area contributed by atoms with Crippen molar-refractivity contribution < 1.29 is 9.53 Å². The summed E-state index contributed by atoms with van der Waals surface area (Å²) in [5.41, 5.74) is 0.603. The van der Waals surface area contributed by atoms with Crippen LogP contribution >= 0.6 is 27.5 Å². The van der Waals surface area contributed by atoms with E-state index in [0.717, 1.165) is 0 Å². The maximum atomic E-state index is 12.3. The molecule has 1 atom stereocenters. The van der Waals surface area contributed by atoms with Gasteiger partial charge in [0.25, 0.3) is 5.91 Å². The van der Waals surface area contributed by atoms with Gasteiger partial charge in [-0.15, -0.1) is 0 Å². The van der Waals surface area contributed by atoms with Crippen molar-refractivity contribution in [2.75, 3.05) is 19.7 Å². The second-order valence-electron chi connectivity index (χ2n) is 4.03. The monoisotopic (exact) mass is 317 g/mol. The van der Waals surface area contributed by atoms with Gasteiger partial charge in [-0.05, 0) is 35.0 Å². The number of nitrogens with zero attached hydrogens (tertiary/aromatic N) is 1. The quantitative estimate of drug-likeness (QED) is 0.797. The Morgan fingerprint density at radius 3 is 3.06 bits per heavy atom. The van der Waals surface area contributed by atoms with E-state index in [4.69, 9.17) is 16.3 Å². The highest BCUT2D eigenvalue weighted by Crippen LogP contribution is 2.27. The second kappa shape index (κ2) is 5.38. The van der Waals surface area contributed by atoms with Crippen LogP contribution in [-0.2, 0) is 4.74 Å². The largest absolute Gasteiger partial charge is 0.375 e. The summed E-state index contributed by atoms with van der Waals surface area (Å²) < 4.78 is 6.07. The minimum Gasteiger partial charge on any atom is -0.375 e. The van der Waals surface area contributed by atoms with Gasteiger partial charge in [-0.2, -0.15) is 0 Å². The Labute approximate surface area is 114 Å². The maximum Gasteiger partial charge on any atom is 0.255 e. The lowest BCUT2D eigenvalue weighted by atomic mass is 10.2. The summed E-state index contributed by atoms with van der Waals surface area (Å²) in [6.07, 6.45) is 0.0886. The summed E-state index contributed by atoms with van der Waals surface area (Å²) >= 11 is 9.34. The zero-order valence-corrected chi connectivity index (χ0v) is 11.8. The molecule has 0 bridgehead atoms. The van der Waals surface area contributed by atoms with Gasteiger partial charge >= 0.3 is 0 Å². The van der Waals surface area contributed by atoms with Crippen LogP contribution in [0.1, 0.15) is 17.3 Å². The molecule has 0 aliphatic carbocycles. The summed E-state index contributed by atoms with van der Waals surface area (Å²) in [5, 5.41) is 0.553. The van der Waals surface area contributed by atoms with Crippen LogP contribution in [0.25, 0.3) is 0 Å². The van der Waals surface area contributed by atoms with Crippen molar-refractivity contribution in [1.82, 2.24) is 4.90 Å². The van der Waals surface area contributed by atoms with Gasteiger partial charge in [0.15, 0.2) is 0 Å². The fourth-order valence-corrected chi connectivity index (χ4v) is 2.45. The third-order valence-electron chi connectivity index (χ3n) is 2.71. The molecule has 1 aliphatic heterocycles. The smallest absolute Gasteiger partial charge is 0.255 e. The van der Waals surface area contributed by atoms with Gasteiger partial charge in [-0.3, -0.25) is 4.79 Å². The number of amides is 1. The highest BCUT2D eigenvalue weighted by molar-refractivity contribution is 9.10. The number of carbonyl (C=O) groups is 1. The van der Waals surface area contributed by atoms with Crippen LogP contribution in [0, 0.1) is 0 Å². The van der Waals surface area contributed by atoms with E-state index in [-0.39, 0.29) is 12.0 Å². The minimum absolute atomic E-state index is 0.00507. The molecule has 3 nitrogen and oxygen atoms in total. The first-order valence-electron chi connectivity index (χ1n) is 5.44. The van der Waals surface area contributed by atoms with Gasteiger partial charge < -0.3 is 9.64 Å². The summed E-state index contributed by atoms with van der Waals surface area (Å²) in [7, 11) is 0. The van der Waals surface area contributed by atoms with Crippen molar-refractivity contribution >= 4 is 33.4 Å². The minimum atomic E-state index is -0.00507. The Balaban J connectivity index is 2.22. The lowest BCUT2D eigenvalue weighted by Gasteiger charge is -2.31. The van der Waals surface area contributed by atoms with Crippen molar-refractivity contribution in [3.8, 4) is 0 Å². The van der Waals surface area contributed by atoms with E-state index in [9.17, 15) is 4.79 Å². The fraction of sp³-hybridized carbons (Fsp3) is 0.417. The van der Waals surface area contributed by atoms with Crippen molar-refractivity contribution in [3.05, 3.63) is 33.3 Å². The summed E-state index contributed by atoms with van der Waals surface area (Å²) in [6.45, 7) is 3.80. The van der Waals surface area contributed by atoms with Gasteiger partial charge in [0.2, 0.25) is 0 Å². The normalized spacial score (nSPS) is 20.4. The third kappa shape index (κ3) is 2.81. The molecule has 1 amide bonds. The number of hydrogen-bond acceptors (Lipinski definition) is 2. The molecule has 0 spiro atoms. The van der Waals surface area contributed by atoms with Gasteiger partial charge in [0, 0.05) is 17.6 Å². The van der Waals surface area contributed by atoms with E-state index in [2.05, 4.69) is 15.9 Å². The molecule has 1 aromatic rings. The molecule has 1 unspecified atom stereocenters. The predicted octanol–water partition coefficient (Wildman–Crippen LogP) is 2.96. The second-order valence-corrected chi connectivity index (χ2v) is 5.23. The molecule has 1 heterocycles. The molecule has 92 valence electrons. The average molecular weight is 319 g/mol. The molecule has 1 saturated heterocycles. The third-order valence-corrected chi connectivity index (χ3v) is 4.11. The molecule has 0 N–H and O–H groups in total. The molecule has 0 aromatic heterocycles. The van der Waals surface area contributed by atoms with Crippen LogP contribution in [0.15, 0.2) is 22.7 Å². The van der Waals surface area contributed by atoms with Gasteiger partial charge in [-0.1, -0.05) is 17.7 Å². The standard InChI is InChI=1S/C12H13BrClNO2/c1-8-7-15(5-6-17-8)12(16)9-3-2-4-10(14)11(9)13/h2-4,8H,5-7H2,1H3. The molecular weight excluding hydrogens is 305 g/mol. The fourth-order valence-electron chi connectivity index (χ4n) is 1.84. The Kier molecular flexibility index (Phi) is 4.07. The lowest BCUT2D eigenvalue weighted by Crippen LogP contribution is -2.44. The molecular formula is C12H13BrClNO2. The van der Waals surface area contributed by atoms with Crippen molar-refractivity contribution in [1.29, 1.82) is 0 Å². The average Bonchev–Trinajstić information content (AvgIpc) is 2.32. The van der Waals surface area contributed by atoms with E-state index in [1.54, 1.807) is 23.1 Å². The van der Waals surface area contributed by atoms with Crippen molar-refractivity contribution in [2.45, 2.75) is 13.0 Å². The van der Waals surface area contributed by atoms with Crippen LogP contribution in [-0.4, -0.2) is 36.6 Å². The highest BCUT2D eigenvalue weighted by Gasteiger charge is 2.24. The Hall–Kier alpha value is -0.580. The summed E-state index contributed by atoms with van der Waals surface area (Å²) in [5.74, 6) is -0.00507. The van der Waals surface area contributed by atoms with E-state index < -0.39 is 0 Å². The molecule has 5 heteroatoms. The first-order chi connectivity index (χ1) is 8.09. The Morgan fingerprint density at radius 2 is 2.35 bits per heavy atom. The summed E-state index contributed by atoms with van der Waals surface area (Å²) in [4.78, 5) is 14.1. The highest BCUT2D eigenvalue weighted by atomic mass is 79.9. The number of rotatable bonds is 1. The zero-order chi connectivity index (χ0) is 12.4. The predicted molar refractivity (Wildman–Crippen MR) is 70.5 cm³/mol. The van der Waals surface area contributed by atoms with Crippen LogP contribution in [0.3, 0.4) is 0 Å². The lowest BCUT2D eigenvalue weighted by molar-refractivity contribution is -0.0124. The van der Waals surface area contributed by atoms with E-state index in [1.807, 2.05) is 6.92 Å². The van der Waals surface area contributed by atoms with Gasteiger partial charge in [-0.25, -0.2) is 0 Å². The molecule has 0 radical (unpaired) electrons. The summed E-state index contributed by atoms with van der Waals surface area (Å²) in [6, 6.07) is 5.31. The Bertz CT molecular complexity index is 439. The molecule has 17 heavy (non-hydrogen) atoms. The van der Waals surface area contributed by atoms with Crippen LogP contribution in [0.5, 0.6) is 0 Å². The Morgan fingerprint density at radius 1 is 1.59 bits per heavy atom. The number of hydrogen-bond donors (Lipinski definition) is 0. The number of ether oxygens (including phenoxy) is 1. The molecule has 1 aliphatic rings. The first-order valence-corrected chi connectivity index (χ1v) is 6.61. The van der Waals surface area contributed by atoms with Crippen LogP contribution < -0.4 is 0 Å². The first kappa shape index (κ1) is 12.9. The number of morpholine rings is 1. The molecule has 1 fully saturated rings. The van der Waals surface area contributed by atoms with E-state index in [0.29, 0.717) is 34.8 Å². The van der Waals surface area contributed by atoms with Crippen molar-refractivity contribution in [2.24, 2.45) is 0 Å². The van der Waals surface area contributed by atoms with Gasteiger partial charge in [0.05, 0.1) is 23.3 Å². The zero-order valence-electron chi connectivity index (χ0n) is 9.45. The van der Waals surface area contributed by atoms with Gasteiger partial charge in [0.1, 0.15) is 0 Å².